The number of ether oxygens (including phenoxy) is 1. The van der Waals surface area contributed by atoms with Crippen molar-refractivity contribution in [3.05, 3.63) is 96.1 Å². The van der Waals surface area contributed by atoms with Crippen LogP contribution in [-0.2, 0) is 6.54 Å². The summed E-state index contributed by atoms with van der Waals surface area (Å²) < 4.78 is 5.93. The summed E-state index contributed by atoms with van der Waals surface area (Å²) in [5.74, 6) is 2.10. The molecule has 3 nitrogen and oxygen atoms in total. The van der Waals surface area contributed by atoms with E-state index in [4.69, 9.17) is 4.74 Å². The van der Waals surface area contributed by atoms with Gasteiger partial charge in [0.15, 0.2) is 0 Å². The quantitative estimate of drug-likeness (QED) is 0.619. The molecule has 3 aromatic carbocycles. The molecule has 3 unspecified atom stereocenters. The van der Waals surface area contributed by atoms with E-state index in [0.717, 1.165) is 37.3 Å². The lowest BCUT2D eigenvalue weighted by Crippen LogP contribution is -2.38. The minimum atomic E-state index is -0.246. The molecular formula is C25H27NO2. The first-order valence-electron chi connectivity index (χ1n) is 10.0. The minimum Gasteiger partial charge on any atom is -0.457 e. The Morgan fingerprint density at radius 3 is 2.29 bits per heavy atom. The van der Waals surface area contributed by atoms with E-state index >= 15 is 0 Å². The second kappa shape index (κ2) is 9.05. The fourth-order valence-corrected chi connectivity index (χ4v) is 4.06. The van der Waals surface area contributed by atoms with Crippen molar-refractivity contribution in [1.82, 2.24) is 5.32 Å². The second-order valence-electron chi connectivity index (χ2n) is 7.61. The summed E-state index contributed by atoms with van der Waals surface area (Å²) in [4.78, 5) is 0. The van der Waals surface area contributed by atoms with Crippen molar-refractivity contribution in [3.63, 3.8) is 0 Å². The lowest BCUT2D eigenvalue weighted by atomic mass is 9.80. The summed E-state index contributed by atoms with van der Waals surface area (Å²) in [6.45, 7) is 0.769. The summed E-state index contributed by atoms with van der Waals surface area (Å²) >= 11 is 0. The number of aliphatic hydroxyl groups is 1. The predicted molar refractivity (Wildman–Crippen MR) is 113 cm³/mol. The Morgan fingerprint density at radius 1 is 0.786 bits per heavy atom. The highest BCUT2D eigenvalue weighted by molar-refractivity contribution is 5.34. The number of hydrogen-bond donors (Lipinski definition) is 2. The standard InChI is InChI=1S/C25H27NO2/c27-23-16-21(20-9-3-1-4-10-20)15-22(17-23)26-18-19-8-7-13-25(14-19)28-24-11-5-2-6-12-24/h1-14,21-23,26-27H,15-18H2. The van der Waals surface area contributed by atoms with Gasteiger partial charge >= 0.3 is 0 Å². The Balaban J connectivity index is 1.36. The number of rotatable bonds is 6. The molecule has 1 aliphatic rings. The summed E-state index contributed by atoms with van der Waals surface area (Å²) in [6, 6.07) is 28.9. The Hall–Kier alpha value is -2.62. The molecule has 144 valence electrons. The summed E-state index contributed by atoms with van der Waals surface area (Å²) in [6.07, 6.45) is 2.47. The first kappa shape index (κ1) is 18.7. The molecule has 2 N–H and O–H groups in total. The highest BCUT2D eigenvalue weighted by Crippen LogP contribution is 2.33. The first-order valence-corrected chi connectivity index (χ1v) is 10.0. The van der Waals surface area contributed by atoms with E-state index in [0.29, 0.717) is 12.0 Å². The molecule has 0 aliphatic heterocycles. The number of para-hydroxylation sites is 1. The van der Waals surface area contributed by atoms with Gasteiger partial charge in [-0.05, 0) is 60.6 Å². The second-order valence-corrected chi connectivity index (χ2v) is 7.61. The van der Waals surface area contributed by atoms with Gasteiger partial charge in [-0.3, -0.25) is 0 Å². The number of benzene rings is 3. The monoisotopic (exact) mass is 373 g/mol. The van der Waals surface area contributed by atoms with Crippen LogP contribution < -0.4 is 10.1 Å². The molecule has 0 saturated heterocycles. The van der Waals surface area contributed by atoms with Crippen molar-refractivity contribution in [2.45, 2.75) is 43.9 Å². The summed E-state index contributed by atoms with van der Waals surface area (Å²) in [7, 11) is 0. The maximum atomic E-state index is 10.4. The smallest absolute Gasteiger partial charge is 0.127 e. The molecule has 0 radical (unpaired) electrons. The average molecular weight is 373 g/mol. The first-order chi connectivity index (χ1) is 13.8. The molecule has 28 heavy (non-hydrogen) atoms. The van der Waals surface area contributed by atoms with Gasteiger partial charge in [-0.15, -0.1) is 0 Å². The summed E-state index contributed by atoms with van der Waals surface area (Å²) in [5.41, 5.74) is 2.51. The third kappa shape index (κ3) is 5.00. The van der Waals surface area contributed by atoms with E-state index in [-0.39, 0.29) is 6.10 Å². The van der Waals surface area contributed by atoms with E-state index in [2.05, 4.69) is 41.7 Å². The number of hydrogen-bond acceptors (Lipinski definition) is 3. The number of aliphatic hydroxyl groups excluding tert-OH is 1. The predicted octanol–water partition coefficient (Wildman–Crippen LogP) is 5.27. The Bertz CT molecular complexity index is 866. The fourth-order valence-electron chi connectivity index (χ4n) is 4.06. The summed E-state index contributed by atoms with van der Waals surface area (Å²) in [5, 5.41) is 14.0. The van der Waals surface area contributed by atoms with Crippen molar-refractivity contribution >= 4 is 0 Å². The van der Waals surface area contributed by atoms with Gasteiger partial charge in [0.2, 0.25) is 0 Å². The molecule has 0 aromatic heterocycles. The largest absolute Gasteiger partial charge is 0.457 e. The Kier molecular flexibility index (Phi) is 6.05. The molecule has 4 rings (SSSR count). The lowest BCUT2D eigenvalue weighted by Gasteiger charge is -2.33. The molecule has 0 heterocycles. The van der Waals surface area contributed by atoms with E-state index in [9.17, 15) is 5.11 Å². The van der Waals surface area contributed by atoms with Gasteiger partial charge in [-0.2, -0.15) is 0 Å². The number of nitrogens with one attached hydrogen (secondary N) is 1. The molecule has 0 amide bonds. The molecule has 3 aromatic rings. The Labute approximate surface area is 167 Å². The highest BCUT2D eigenvalue weighted by Gasteiger charge is 2.28. The van der Waals surface area contributed by atoms with Crippen molar-refractivity contribution in [3.8, 4) is 11.5 Å². The lowest BCUT2D eigenvalue weighted by molar-refractivity contribution is 0.100. The van der Waals surface area contributed by atoms with Gasteiger partial charge in [0, 0.05) is 12.6 Å². The minimum absolute atomic E-state index is 0.246. The van der Waals surface area contributed by atoms with Crippen LogP contribution in [0.1, 0.15) is 36.3 Å². The van der Waals surface area contributed by atoms with E-state index in [1.54, 1.807) is 0 Å². The maximum Gasteiger partial charge on any atom is 0.127 e. The Morgan fingerprint density at radius 2 is 1.50 bits per heavy atom. The van der Waals surface area contributed by atoms with Crippen LogP contribution in [-0.4, -0.2) is 17.3 Å². The zero-order chi connectivity index (χ0) is 19.2. The molecule has 3 heteroatoms. The van der Waals surface area contributed by atoms with E-state index in [1.165, 1.54) is 11.1 Å². The third-order valence-electron chi connectivity index (χ3n) is 5.43. The van der Waals surface area contributed by atoms with Crippen molar-refractivity contribution in [2.24, 2.45) is 0 Å². The van der Waals surface area contributed by atoms with Crippen LogP contribution >= 0.6 is 0 Å². The van der Waals surface area contributed by atoms with Crippen molar-refractivity contribution < 1.29 is 9.84 Å². The van der Waals surface area contributed by atoms with E-state index in [1.807, 2.05) is 48.5 Å². The molecule has 0 spiro atoms. The molecule has 1 saturated carbocycles. The van der Waals surface area contributed by atoms with Crippen LogP contribution in [0.15, 0.2) is 84.9 Å². The maximum absolute atomic E-state index is 10.4. The topological polar surface area (TPSA) is 41.5 Å². The molecule has 1 fully saturated rings. The van der Waals surface area contributed by atoms with Crippen LogP contribution in [0.4, 0.5) is 0 Å². The molecular weight excluding hydrogens is 346 g/mol. The van der Waals surface area contributed by atoms with Gasteiger partial charge in [0.25, 0.3) is 0 Å². The molecule has 3 atom stereocenters. The fraction of sp³-hybridized carbons (Fsp3) is 0.280. The zero-order valence-corrected chi connectivity index (χ0v) is 16.0. The highest BCUT2D eigenvalue weighted by atomic mass is 16.5. The normalized spacial score (nSPS) is 22.0. The van der Waals surface area contributed by atoms with Crippen LogP contribution in [0.25, 0.3) is 0 Å². The van der Waals surface area contributed by atoms with E-state index < -0.39 is 0 Å². The van der Waals surface area contributed by atoms with Crippen LogP contribution in [0.3, 0.4) is 0 Å². The molecule has 0 bridgehead atoms. The van der Waals surface area contributed by atoms with Gasteiger partial charge in [0.05, 0.1) is 6.10 Å². The van der Waals surface area contributed by atoms with Gasteiger partial charge in [-0.1, -0.05) is 60.7 Å². The van der Waals surface area contributed by atoms with Crippen LogP contribution in [0.5, 0.6) is 11.5 Å². The SMILES string of the molecule is OC1CC(NCc2cccc(Oc3ccccc3)c2)CC(c2ccccc2)C1. The van der Waals surface area contributed by atoms with Gasteiger partial charge in [0.1, 0.15) is 11.5 Å². The van der Waals surface area contributed by atoms with Crippen molar-refractivity contribution in [2.75, 3.05) is 0 Å². The zero-order valence-electron chi connectivity index (χ0n) is 16.0. The average Bonchev–Trinajstić information content (AvgIpc) is 2.74. The van der Waals surface area contributed by atoms with Crippen LogP contribution in [0.2, 0.25) is 0 Å². The molecule has 1 aliphatic carbocycles. The van der Waals surface area contributed by atoms with Crippen molar-refractivity contribution in [1.29, 1.82) is 0 Å². The van der Waals surface area contributed by atoms with Crippen LogP contribution in [0, 0.1) is 0 Å². The van der Waals surface area contributed by atoms with Gasteiger partial charge in [-0.25, -0.2) is 0 Å². The third-order valence-corrected chi connectivity index (χ3v) is 5.43. The van der Waals surface area contributed by atoms with Gasteiger partial charge < -0.3 is 15.2 Å².